The first-order valence-electron chi connectivity index (χ1n) is 19.8. The van der Waals surface area contributed by atoms with Crippen LogP contribution >= 0.6 is 0 Å². The van der Waals surface area contributed by atoms with Gasteiger partial charge in [0.05, 0.1) is 44.2 Å². The lowest BCUT2D eigenvalue weighted by molar-refractivity contribution is -0.361. The van der Waals surface area contributed by atoms with Crippen LogP contribution in [0.15, 0.2) is 152 Å². The summed E-state index contributed by atoms with van der Waals surface area (Å²) in [7, 11) is 0. The molecule has 13 heteroatoms. The molecule has 5 aromatic rings. The molecule has 0 bridgehead atoms. The Labute approximate surface area is 347 Å². The zero-order valence-corrected chi connectivity index (χ0v) is 32.7. The van der Waals surface area contributed by atoms with Gasteiger partial charge in [0.1, 0.15) is 36.6 Å². The van der Waals surface area contributed by atoms with Gasteiger partial charge in [-0.3, -0.25) is 0 Å². The Morgan fingerprint density at radius 2 is 0.950 bits per heavy atom. The Bertz CT molecular complexity index is 2040. The summed E-state index contributed by atoms with van der Waals surface area (Å²) in [6, 6.07) is 44.6. The maximum Gasteiger partial charge on any atom is 0.338 e. The van der Waals surface area contributed by atoms with Gasteiger partial charge in [-0.1, -0.05) is 127 Å². The minimum Gasteiger partial charge on any atom is -0.452 e. The van der Waals surface area contributed by atoms with Crippen molar-refractivity contribution >= 4 is 11.9 Å². The van der Waals surface area contributed by atoms with Crippen molar-refractivity contribution in [1.82, 2.24) is 0 Å². The Morgan fingerprint density at radius 1 is 0.500 bits per heavy atom. The number of carbonyl (C=O) groups is 2. The zero-order chi connectivity index (χ0) is 41.7. The smallest absolute Gasteiger partial charge is 0.338 e. The molecule has 0 aromatic heterocycles. The van der Waals surface area contributed by atoms with Crippen molar-refractivity contribution in [1.29, 1.82) is 0 Å². The minimum atomic E-state index is -1.86. The van der Waals surface area contributed by atoms with Gasteiger partial charge in [-0.05, 0) is 41.0 Å². The molecule has 0 unspecified atom stereocenters. The van der Waals surface area contributed by atoms with Crippen LogP contribution in [0.2, 0.25) is 0 Å². The molecule has 10 atom stereocenters. The number of carbonyl (C=O) groups excluding carboxylic acids is 2. The third-order valence-corrected chi connectivity index (χ3v) is 10.2. The molecule has 0 amide bonds. The van der Waals surface area contributed by atoms with Crippen molar-refractivity contribution in [3.8, 4) is 0 Å². The van der Waals surface area contributed by atoms with Crippen LogP contribution in [0, 0.1) is 0 Å². The van der Waals surface area contributed by atoms with Crippen LogP contribution in [0.1, 0.15) is 37.4 Å². The number of hydrogen-bond acceptors (Lipinski definition) is 13. The molecular weight excluding hydrogens is 773 g/mol. The second-order valence-electron chi connectivity index (χ2n) is 14.4. The van der Waals surface area contributed by atoms with E-state index in [1.54, 1.807) is 36.4 Å². The fourth-order valence-corrected chi connectivity index (χ4v) is 7.09. The summed E-state index contributed by atoms with van der Waals surface area (Å²) in [6.07, 6.45) is -14.0. The molecule has 0 radical (unpaired) electrons. The number of benzene rings is 5. The third-order valence-electron chi connectivity index (χ3n) is 10.2. The van der Waals surface area contributed by atoms with Crippen molar-refractivity contribution < 1.29 is 62.8 Å². The van der Waals surface area contributed by atoms with E-state index in [1.165, 1.54) is 24.3 Å². The number of aliphatic hydroxyl groups is 3. The van der Waals surface area contributed by atoms with Gasteiger partial charge < -0.3 is 53.2 Å². The highest BCUT2D eigenvalue weighted by atomic mass is 16.7. The molecule has 0 saturated carbocycles. The SMILES string of the molecule is O=C(O[C@@H]1[C@H](OC(=O)c2ccccc2)[C@@H](O)O[C@H](CO)[C@H]1O[C@H]1O[C@H](COCc2ccccc2)[C@@H](OCc2ccccc2)[C@H](OCc2ccccc2)[C@H]1O)c1ccccc1. The highest BCUT2D eigenvalue weighted by Gasteiger charge is 2.55. The number of esters is 2. The molecule has 0 aliphatic carbocycles. The second kappa shape index (κ2) is 21.3. The summed E-state index contributed by atoms with van der Waals surface area (Å²) in [6.45, 7) is -0.281. The summed E-state index contributed by atoms with van der Waals surface area (Å²) in [5.74, 6) is -1.68. The van der Waals surface area contributed by atoms with Crippen LogP contribution in [-0.4, -0.2) is 102 Å². The van der Waals surface area contributed by atoms with Crippen molar-refractivity contribution in [2.45, 2.75) is 81.2 Å². The summed E-state index contributed by atoms with van der Waals surface area (Å²) in [5.41, 5.74) is 2.94. The highest BCUT2D eigenvalue weighted by molar-refractivity contribution is 5.90. The van der Waals surface area contributed by atoms with E-state index < -0.39 is 80.0 Å². The molecule has 60 heavy (non-hydrogen) atoms. The number of hydrogen-bond donors (Lipinski definition) is 3. The zero-order valence-electron chi connectivity index (χ0n) is 32.7. The Morgan fingerprint density at radius 3 is 1.45 bits per heavy atom. The summed E-state index contributed by atoms with van der Waals surface area (Å²) in [5, 5.41) is 34.1. The first-order chi connectivity index (χ1) is 29.4. The first-order valence-corrected chi connectivity index (χ1v) is 19.8. The molecule has 2 heterocycles. The van der Waals surface area contributed by atoms with Crippen LogP contribution in [-0.2, 0) is 57.7 Å². The lowest BCUT2D eigenvalue weighted by Crippen LogP contribution is -2.66. The van der Waals surface area contributed by atoms with E-state index in [-0.39, 0.29) is 37.6 Å². The highest BCUT2D eigenvalue weighted by Crippen LogP contribution is 2.34. The molecule has 7 rings (SSSR count). The predicted octanol–water partition coefficient (Wildman–Crippen LogP) is 5.01. The Balaban J connectivity index is 1.21. The van der Waals surface area contributed by atoms with Gasteiger partial charge in [0.25, 0.3) is 0 Å². The second-order valence-corrected chi connectivity index (χ2v) is 14.4. The fraction of sp³-hybridized carbons (Fsp3) is 0.319. The van der Waals surface area contributed by atoms with Crippen LogP contribution < -0.4 is 0 Å². The number of ether oxygens (including phenoxy) is 8. The first kappa shape index (κ1) is 42.8. The van der Waals surface area contributed by atoms with Crippen LogP contribution in [0.25, 0.3) is 0 Å². The van der Waals surface area contributed by atoms with Crippen LogP contribution in [0.5, 0.6) is 0 Å². The molecule has 2 aliphatic heterocycles. The van der Waals surface area contributed by atoms with E-state index in [2.05, 4.69) is 0 Å². The molecule has 314 valence electrons. The topological polar surface area (TPSA) is 169 Å². The van der Waals surface area contributed by atoms with Crippen molar-refractivity contribution in [2.24, 2.45) is 0 Å². The van der Waals surface area contributed by atoms with E-state index in [0.29, 0.717) is 0 Å². The molecule has 2 fully saturated rings. The summed E-state index contributed by atoms with van der Waals surface area (Å²) < 4.78 is 49.7. The Hall–Kier alpha value is -5.32. The molecule has 2 aliphatic rings. The van der Waals surface area contributed by atoms with Crippen LogP contribution in [0.3, 0.4) is 0 Å². The molecule has 0 spiro atoms. The molecule has 3 N–H and O–H groups in total. The molecule has 2 saturated heterocycles. The van der Waals surface area contributed by atoms with Gasteiger partial charge in [0.2, 0.25) is 0 Å². The summed E-state index contributed by atoms with van der Waals surface area (Å²) in [4.78, 5) is 27.1. The fourth-order valence-electron chi connectivity index (χ4n) is 7.09. The van der Waals surface area contributed by atoms with Gasteiger partial charge in [-0.15, -0.1) is 0 Å². The quantitative estimate of drug-likeness (QED) is 0.107. The lowest BCUT2D eigenvalue weighted by atomic mass is 9.96. The number of rotatable bonds is 17. The minimum absolute atomic E-state index is 0.0286. The standard InChI is InChI=1S/C47H48O13/c48-26-36-40(42(58-44(50)34-22-12-4-13-23-34)43(46(52)56-36)59-45(51)35-24-14-5-15-25-35)60-47-38(49)41(55-29-33-20-10-3-11-21-33)39(54-28-32-18-8-2-9-19-32)37(57-47)30-53-27-31-16-6-1-7-17-31/h1-25,36-43,46-49,52H,26-30H2/t36-,37-,38-,39-,40-,41-,42+,43+,46+,47-/m1/s1. The lowest BCUT2D eigenvalue weighted by Gasteiger charge is -2.48. The number of aliphatic hydroxyl groups excluding tert-OH is 3. The maximum absolute atomic E-state index is 13.7. The van der Waals surface area contributed by atoms with E-state index in [9.17, 15) is 24.9 Å². The van der Waals surface area contributed by atoms with E-state index in [1.807, 2.05) is 91.0 Å². The van der Waals surface area contributed by atoms with Gasteiger partial charge in [0.15, 0.2) is 24.8 Å². The third kappa shape index (κ3) is 11.1. The van der Waals surface area contributed by atoms with E-state index in [4.69, 9.17) is 37.9 Å². The van der Waals surface area contributed by atoms with Gasteiger partial charge in [0, 0.05) is 0 Å². The van der Waals surface area contributed by atoms with Crippen molar-refractivity contribution in [3.63, 3.8) is 0 Å². The molecular formula is C47H48O13. The van der Waals surface area contributed by atoms with Gasteiger partial charge >= 0.3 is 11.9 Å². The van der Waals surface area contributed by atoms with Crippen LogP contribution in [0.4, 0.5) is 0 Å². The molecule has 13 nitrogen and oxygen atoms in total. The van der Waals surface area contributed by atoms with Crippen molar-refractivity contribution in [2.75, 3.05) is 13.2 Å². The van der Waals surface area contributed by atoms with Gasteiger partial charge in [-0.2, -0.15) is 0 Å². The monoisotopic (exact) mass is 820 g/mol. The van der Waals surface area contributed by atoms with E-state index in [0.717, 1.165) is 16.7 Å². The molecule has 5 aromatic carbocycles. The summed E-state index contributed by atoms with van der Waals surface area (Å²) >= 11 is 0. The predicted molar refractivity (Wildman–Crippen MR) is 215 cm³/mol. The average molecular weight is 821 g/mol. The van der Waals surface area contributed by atoms with E-state index >= 15 is 0 Å². The maximum atomic E-state index is 13.7. The van der Waals surface area contributed by atoms with Gasteiger partial charge in [-0.25, -0.2) is 9.59 Å². The normalized spacial score (nSPS) is 26.5. The average Bonchev–Trinajstić information content (AvgIpc) is 3.29. The Kier molecular flexibility index (Phi) is 15.2. The van der Waals surface area contributed by atoms with Crippen molar-refractivity contribution in [3.05, 3.63) is 179 Å². The largest absolute Gasteiger partial charge is 0.452 e.